The Bertz CT molecular complexity index is 730. The summed E-state index contributed by atoms with van der Waals surface area (Å²) in [6.07, 6.45) is 2.88. The Morgan fingerprint density at radius 2 is 2.15 bits per heavy atom. The molecule has 100 valence electrons. The van der Waals surface area contributed by atoms with Gasteiger partial charge in [0.1, 0.15) is 16.9 Å². The highest BCUT2D eigenvalue weighted by molar-refractivity contribution is 7.16. The van der Waals surface area contributed by atoms with Crippen molar-refractivity contribution in [1.29, 1.82) is 5.26 Å². The molecule has 1 aromatic heterocycles. The molecule has 0 saturated heterocycles. The topological polar surface area (TPSA) is 52.9 Å². The van der Waals surface area contributed by atoms with Crippen molar-refractivity contribution >= 4 is 22.2 Å². The van der Waals surface area contributed by atoms with E-state index in [0.29, 0.717) is 10.6 Å². The van der Waals surface area contributed by atoms with Crippen LogP contribution in [0.5, 0.6) is 0 Å². The smallest absolute Gasteiger partial charge is 0.259 e. The van der Waals surface area contributed by atoms with Gasteiger partial charge in [-0.15, -0.1) is 11.3 Å². The molecule has 0 saturated carbocycles. The lowest BCUT2D eigenvalue weighted by atomic mass is 10.1. The van der Waals surface area contributed by atoms with E-state index in [9.17, 15) is 14.4 Å². The lowest BCUT2D eigenvalue weighted by molar-refractivity contribution is 0.102. The lowest BCUT2D eigenvalue weighted by Gasteiger charge is -2.04. The number of hydrogen-bond donors (Lipinski definition) is 1. The predicted molar refractivity (Wildman–Crippen MR) is 75.4 cm³/mol. The van der Waals surface area contributed by atoms with E-state index in [1.54, 1.807) is 6.07 Å². The summed E-state index contributed by atoms with van der Waals surface area (Å²) in [5, 5.41) is 12.4. The van der Waals surface area contributed by atoms with Gasteiger partial charge in [0.2, 0.25) is 0 Å². The molecule has 20 heavy (non-hydrogen) atoms. The van der Waals surface area contributed by atoms with Gasteiger partial charge in [-0.25, -0.2) is 4.39 Å². The second-order valence-electron chi connectivity index (χ2n) is 4.61. The zero-order valence-corrected chi connectivity index (χ0v) is 11.4. The number of nitrogens with zero attached hydrogens (tertiary/aromatic N) is 1. The van der Waals surface area contributed by atoms with Gasteiger partial charge in [0.05, 0.1) is 11.1 Å². The van der Waals surface area contributed by atoms with E-state index in [1.165, 1.54) is 29.5 Å². The summed E-state index contributed by atoms with van der Waals surface area (Å²) >= 11 is 1.43. The summed E-state index contributed by atoms with van der Waals surface area (Å²) in [5.41, 5.74) is 1.57. The number of nitrogens with one attached hydrogen (secondary N) is 1. The number of halogens is 1. The van der Waals surface area contributed by atoms with Crippen molar-refractivity contribution in [2.45, 2.75) is 19.3 Å². The minimum Gasteiger partial charge on any atom is -0.312 e. The van der Waals surface area contributed by atoms with Crippen molar-refractivity contribution in [3.05, 3.63) is 51.7 Å². The first-order valence-corrected chi connectivity index (χ1v) is 7.13. The second kappa shape index (κ2) is 5.06. The molecule has 1 aliphatic carbocycles. The summed E-state index contributed by atoms with van der Waals surface area (Å²) in [7, 11) is 0. The Balaban J connectivity index is 1.91. The molecular formula is C15H11FN2OS. The van der Waals surface area contributed by atoms with Gasteiger partial charge in [-0.1, -0.05) is 12.1 Å². The van der Waals surface area contributed by atoms with Gasteiger partial charge >= 0.3 is 0 Å². The minimum absolute atomic E-state index is 0.00931. The molecule has 2 aromatic rings. The molecule has 1 aliphatic rings. The second-order valence-corrected chi connectivity index (χ2v) is 5.71. The molecule has 0 aliphatic heterocycles. The maximum Gasteiger partial charge on any atom is 0.259 e. The zero-order chi connectivity index (χ0) is 14.1. The fraction of sp³-hybridized carbons (Fsp3) is 0.200. The number of amides is 1. The number of anilines is 1. The molecule has 1 amide bonds. The highest BCUT2D eigenvalue weighted by Crippen LogP contribution is 2.38. The molecular weight excluding hydrogens is 275 g/mol. The average Bonchev–Trinajstić information content (AvgIpc) is 2.99. The number of carbonyl (C=O) groups is 1. The van der Waals surface area contributed by atoms with Gasteiger partial charge in [-0.05, 0) is 37.0 Å². The van der Waals surface area contributed by atoms with Crippen LogP contribution in [0.4, 0.5) is 9.39 Å². The molecule has 0 radical (unpaired) electrons. The van der Waals surface area contributed by atoms with Crippen molar-refractivity contribution in [2.75, 3.05) is 5.32 Å². The van der Waals surface area contributed by atoms with Crippen molar-refractivity contribution in [3.8, 4) is 6.07 Å². The number of fused-ring (bicyclic) bond motifs is 1. The molecule has 5 heteroatoms. The summed E-state index contributed by atoms with van der Waals surface area (Å²) in [6, 6.07) is 7.97. The van der Waals surface area contributed by atoms with Crippen LogP contribution in [0.3, 0.4) is 0 Å². The summed E-state index contributed by atoms with van der Waals surface area (Å²) in [4.78, 5) is 13.2. The molecule has 1 heterocycles. The fourth-order valence-electron chi connectivity index (χ4n) is 2.43. The Hall–Kier alpha value is -2.19. The van der Waals surface area contributed by atoms with Crippen LogP contribution in [-0.4, -0.2) is 5.91 Å². The van der Waals surface area contributed by atoms with Gasteiger partial charge in [0.25, 0.3) is 5.91 Å². The van der Waals surface area contributed by atoms with Crippen LogP contribution in [0.15, 0.2) is 24.3 Å². The molecule has 0 atom stereocenters. The van der Waals surface area contributed by atoms with Gasteiger partial charge in [0.15, 0.2) is 0 Å². The third kappa shape index (κ3) is 2.08. The van der Waals surface area contributed by atoms with E-state index < -0.39 is 11.7 Å². The van der Waals surface area contributed by atoms with E-state index in [4.69, 9.17) is 0 Å². The Morgan fingerprint density at radius 3 is 2.90 bits per heavy atom. The normalized spacial score (nSPS) is 12.8. The largest absolute Gasteiger partial charge is 0.312 e. The van der Waals surface area contributed by atoms with Crippen LogP contribution in [0.1, 0.15) is 32.8 Å². The first-order chi connectivity index (χ1) is 9.70. The molecule has 0 fully saturated rings. The van der Waals surface area contributed by atoms with E-state index in [-0.39, 0.29) is 5.56 Å². The van der Waals surface area contributed by atoms with Crippen molar-refractivity contribution in [3.63, 3.8) is 0 Å². The van der Waals surface area contributed by atoms with Crippen LogP contribution in [0, 0.1) is 17.1 Å². The van der Waals surface area contributed by atoms with Gasteiger partial charge in [0, 0.05) is 4.88 Å². The predicted octanol–water partition coefficient (Wildman–Crippen LogP) is 3.50. The number of aryl methyl sites for hydroxylation is 1. The number of hydrogen-bond acceptors (Lipinski definition) is 3. The van der Waals surface area contributed by atoms with E-state index >= 15 is 0 Å². The van der Waals surface area contributed by atoms with Crippen molar-refractivity contribution in [2.24, 2.45) is 0 Å². The third-order valence-electron chi connectivity index (χ3n) is 3.38. The molecule has 1 N–H and O–H groups in total. The van der Waals surface area contributed by atoms with Gasteiger partial charge < -0.3 is 5.32 Å². The quantitative estimate of drug-likeness (QED) is 0.918. The molecule has 0 spiro atoms. The third-order valence-corrected chi connectivity index (χ3v) is 4.59. The van der Waals surface area contributed by atoms with Crippen molar-refractivity contribution < 1.29 is 9.18 Å². The standard InChI is InChI=1S/C15H11FN2OS/c16-12-6-2-1-4-10(12)14(19)18-15-11(8-17)9-5-3-7-13(9)20-15/h1-2,4,6H,3,5,7H2,(H,18,19). The molecule has 1 aromatic carbocycles. The molecule has 3 rings (SSSR count). The Labute approximate surface area is 119 Å². The van der Waals surface area contributed by atoms with E-state index in [2.05, 4.69) is 11.4 Å². The maximum atomic E-state index is 13.6. The summed E-state index contributed by atoms with van der Waals surface area (Å²) < 4.78 is 13.6. The Kier molecular flexibility index (Phi) is 3.25. The van der Waals surface area contributed by atoms with Crippen LogP contribution < -0.4 is 5.32 Å². The van der Waals surface area contributed by atoms with Crippen LogP contribution in [-0.2, 0) is 12.8 Å². The summed E-state index contributed by atoms with van der Waals surface area (Å²) in [5.74, 6) is -1.08. The number of rotatable bonds is 2. The highest BCUT2D eigenvalue weighted by atomic mass is 32.1. The first kappa shape index (κ1) is 12.8. The number of nitriles is 1. The Morgan fingerprint density at radius 1 is 1.35 bits per heavy atom. The van der Waals surface area contributed by atoms with Gasteiger partial charge in [-0.2, -0.15) is 5.26 Å². The van der Waals surface area contributed by atoms with Crippen LogP contribution >= 0.6 is 11.3 Å². The first-order valence-electron chi connectivity index (χ1n) is 6.31. The van der Waals surface area contributed by atoms with E-state index in [1.807, 2.05) is 0 Å². The number of carbonyl (C=O) groups excluding carboxylic acids is 1. The fourth-order valence-corrected chi connectivity index (χ4v) is 3.66. The molecule has 0 unspecified atom stereocenters. The monoisotopic (exact) mass is 286 g/mol. The van der Waals surface area contributed by atoms with Crippen LogP contribution in [0.2, 0.25) is 0 Å². The SMILES string of the molecule is N#Cc1c(NC(=O)c2ccccc2F)sc2c1CCC2. The van der Waals surface area contributed by atoms with Crippen LogP contribution in [0.25, 0.3) is 0 Å². The molecule has 3 nitrogen and oxygen atoms in total. The maximum absolute atomic E-state index is 13.6. The van der Waals surface area contributed by atoms with Crippen molar-refractivity contribution in [1.82, 2.24) is 0 Å². The number of benzene rings is 1. The zero-order valence-electron chi connectivity index (χ0n) is 10.6. The lowest BCUT2D eigenvalue weighted by Crippen LogP contribution is -2.13. The van der Waals surface area contributed by atoms with Gasteiger partial charge in [-0.3, -0.25) is 4.79 Å². The highest BCUT2D eigenvalue weighted by Gasteiger charge is 2.23. The van der Waals surface area contributed by atoms with E-state index in [0.717, 1.165) is 29.7 Å². The summed E-state index contributed by atoms with van der Waals surface area (Å²) in [6.45, 7) is 0. The minimum atomic E-state index is -0.562. The average molecular weight is 286 g/mol. The molecule has 0 bridgehead atoms. The number of thiophene rings is 1.